The molecule has 3 amide bonds. The van der Waals surface area contributed by atoms with E-state index in [2.05, 4.69) is 54.3 Å². The molecule has 0 radical (unpaired) electrons. The van der Waals surface area contributed by atoms with Crippen LogP contribution in [0.25, 0.3) is 0 Å². The zero-order valence-corrected chi connectivity index (χ0v) is 21.4. The van der Waals surface area contributed by atoms with Crippen molar-refractivity contribution in [3.8, 4) is 6.07 Å². The van der Waals surface area contributed by atoms with Gasteiger partial charge in [-0.3, -0.25) is 14.6 Å². The molecule has 1 aromatic carbocycles. The molecule has 2 heterocycles. The maximum Gasteiger partial charge on any atom is 0.325 e. The van der Waals surface area contributed by atoms with E-state index in [1.54, 1.807) is 42.0 Å². The Hall–Kier alpha value is -3.38. The summed E-state index contributed by atoms with van der Waals surface area (Å²) in [5, 5.41) is 9.26. The van der Waals surface area contributed by atoms with Crippen molar-refractivity contribution in [3.05, 3.63) is 47.8 Å². The number of carbonyl (C=O) groups is 2. The van der Waals surface area contributed by atoms with Crippen molar-refractivity contribution in [2.45, 2.75) is 36.8 Å². The van der Waals surface area contributed by atoms with Crippen LogP contribution in [0.2, 0.25) is 0 Å². The molecule has 35 heavy (non-hydrogen) atoms. The van der Waals surface area contributed by atoms with Crippen molar-refractivity contribution < 1.29 is 9.59 Å². The second kappa shape index (κ2) is 9.34. The molecule has 1 saturated carbocycles. The Morgan fingerprint density at radius 1 is 1.11 bits per heavy atom. The van der Waals surface area contributed by atoms with E-state index in [-0.39, 0.29) is 24.0 Å². The van der Waals surface area contributed by atoms with Crippen molar-refractivity contribution in [1.82, 2.24) is 24.5 Å². The Bertz CT molecular complexity index is 1080. The smallest absolute Gasteiger partial charge is 0.325 e. The third kappa shape index (κ3) is 4.27. The number of nitrogens with zero attached hydrogens (tertiary/aromatic N) is 7. The molecule has 186 valence electrons. The lowest BCUT2D eigenvalue weighted by molar-refractivity contribution is -0.130. The van der Waals surface area contributed by atoms with E-state index in [0.29, 0.717) is 18.9 Å². The molecule has 0 N–H and O–H groups in total. The summed E-state index contributed by atoms with van der Waals surface area (Å²) in [4.78, 5) is 39.9. The normalized spacial score (nSPS) is 26.7. The predicted octanol–water partition coefficient (Wildman–Crippen LogP) is 2.29. The third-order valence-electron chi connectivity index (χ3n) is 8.00. The van der Waals surface area contributed by atoms with Gasteiger partial charge in [0.15, 0.2) is 0 Å². The summed E-state index contributed by atoms with van der Waals surface area (Å²) >= 11 is 0. The number of urea groups is 1. The van der Waals surface area contributed by atoms with Crippen LogP contribution in [0.4, 0.5) is 4.79 Å². The number of carbonyl (C=O) groups excluding carboxylic acids is 2. The number of hydrogen-bond donors (Lipinski definition) is 0. The summed E-state index contributed by atoms with van der Waals surface area (Å²) in [6.07, 6.45) is 4.97. The van der Waals surface area contributed by atoms with Gasteiger partial charge in [0.1, 0.15) is 12.6 Å². The van der Waals surface area contributed by atoms with E-state index in [4.69, 9.17) is 0 Å². The minimum absolute atomic E-state index is 0.0540. The highest BCUT2D eigenvalue weighted by molar-refractivity contribution is 5.97. The van der Waals surface area contributed by atoms with E-state index in [1.165, 1.54) is 10.5 Å². The van der Waals surface area contributed by atoms with Gasteiger partial charge in [0.25, 0.3) is 0 Å². The third-order valence-corrected chi connectivity index (χ3v) is 8.00. The molecule has 0 bridgehead atoms. The molecule has 9 nitrogen and oxygen atoms in total. The van der Waals surface area contributed by atoms with E-state index >= 15 is 0 Å². The van der Waals surface area contributed by atoms with Crippen LogP contribution in [-0.4, -0.2) is 103 Å². The van der Waals surface area contributed by atoms with Crippen molar-refractivity contribution in [2.75, 3.05) is 54.9 Å². The second-order valence-electron chi connectivity index (χ2n) is 10.3. The number of amidine groups is 1. The molecular formula is C26H35N7O2. The quantitative estimate of drug-likeness (QED) is 0.650. The maximum atomic E-state index is 13.8. The van der Waals surface area contributed by atoms with Gasteiger partial charge in [-0.25, -0.2) is 9.79 Å². The number of aliphatic imine (C=N–C) groups is 1. The predicted molar refractivity (Wildman–Crippen MR) is 134 cm³/mol. The largest absolute Gasteiger partial charge is 0.347 e. The summed E-state index contributed by atoms with van der Waals surface area (Å²) in [6, 6.07) is 12.5. The zero-order valence-electron chi connectivity index (χ0n) is 21.4. The van der Waals surface area contributed by atoms with E-state index < -0.39 is 5.54 Å². The monoisotopic (exact) mass is 477 g/mol. The molecule has 4 rings (SSSR count). The molecule has 1 aliphatic carbocycles. The standard InChI is InChI=1S/C26H35N7O2/c1-29(2)23(34)18-33-24(35)32(21-16-28-22(15-27)31(5)17-21)19-25(33)11-13-26(14-12-25,30(3)4)20-9-7-6-8-10-20/h6-10,16H,11-14,17-19H2,1-5H3/t25-,26+. The van der Waals surface area contributed by atoms with Crippen LogP contribution < -0.4 is 0 Å². The Kier molecular flexibility index (Phi) is 6.60. The zero-order chi connectivity index (χ0) is 25.4. The van der Waals surface area contributed by atoms with Gasteiger partial charge in [0.05, 0.1) is 30.5 Å². The maximum absolute atomic E-state index is 13.8. The summed E-state index contributed by atoms with van der Waals surface area (Å²) < 4.78 is 0. The van der Waals surface area contributed by atoms with Gasteiger partial charge < -0.3 is 14.7 Å². The first-order valence-electron chi connectivity index (χ1n) is 12.0. The number of benzene rings is 1. The van der Waals surface area contributed by atoms with E-state index in [9.17, 15) is 14.9 Å². The highest BCUT2D eigenvalue weighted by Gasteiger charge is 2.55. The molecule has 9 heteroatoms. The summed E-state index contributed by atoms with van der Waals surface area (Å²) in [7, 11) is 9.48. The fourth-order valence-corrected chi connectivity index (χ4v) is 5.69. The van der Waals surface area contributed by atoms with Gasteiger partial charge >= 0.3 is 6.03 Å². The van der Waals surface area contributed by atoms with Crippen molar-refractivity contribution in [3.63, 3.8) is 0 Å². The molecule has 1 saturated heterocycles. The summed E-state index contributed by atoms with van der Waals surface area (Å²) in [6.45, 7) is 0.996. The molecule has 0 unspecified atom stereocenters. The van der Waals surface area contributed by atoms with Crippen LogP contribution in [0.15, 0.2) is 47.2 Å². The Morgan fingerprint density at radius 3 is 2.31 bits per heavy atom. The molecule has 0 aromatic heterocycles. The van der Waals surface area contributed by atoms with Crippen LogP contribution >= 0.6 is 0 Å². The lowest BCUT2D eigenvalue weighted by Gasteiger charge is -2.51. The van der Waals surface area contributed by atoms with Gasteiger partial charge in [0.2, 0.25) is 11.7 Å². The molecule has 1 spiro atoms. The SMILES string of the molecule is CN(C)C(=O)CN1C(=O)N(C2=CN=C(C#N)N(C)C2)C[C@]12CC[C@](c1ccccc1)(N(C)C)CC2. The number of rotatable bonds is 5. The highest BCUT2D eigenvalue weighted by atomic mass is 16.2. The Balaban J connectivity index is 1.66. The lowest BCUT2D eigenvalue weighted by Crippen LogP contribution is -2.57. The van der Waals surface area contributed by atoms with Crippen LogP contribution in [0.1, 0.15) is 31.2 Å². The van der Waals surface area contributed by atoms with Crippen LogP contribution in [0.3, 0.4) is 0 Å². The van der Waals surface area contributed by atoms with Crippen LogP contribution in [0.5, 0.6) is 0 Å². The second-order valence-corrected chi connectivity index (χ2v) is 10.3. The van der Waals surface area contributed by atoms with Crippen molar-refractivity contribution in [1.29, 1.82) is 5.26 Å². The van der Waals surface area contributed by atoms with Gasteiger partial charge in [-0.1, -0.05) is 30.3 Å². The molecule has 1 aromatic rings. The van der Waals surface area contributed by atoms with E-state index in [0.717, 1.165) is 31.4 Å². The minimum Gasteiger partial charge on any atom is -0.347 e. The molecule has 2 aliphatic heterocycles. The molecule has 3 aliphatic rings. The number of amides is 3. The first-order valence-corrected chi connectivity index (χ1v) is 12.0. The fourth-order valence-electron chi connectivity index (χ4n) is 5.69. The van der Waals surface area contributed by atoms with Crippen molar-refractivity contribution in [2.24, 2.45) is 4.99 Å². The fraction of sp³-hybridized carbons (Fsp3) is 0.538. The number of nitriles is 1. The van der Waals surface area contributed by atoms with Gasteiger partial charge in [-0.15, -0.1) is 0 Å². The average Bonchev–Trinajstić information content (AvgIpc) is 3.11. The average molecular weight is 478 g/mol. The summed E-state index contributed by atoms with van der Waals surface area (Å²) in [5.74, 6) is 0.234. The molecule has 2 fully saturated rings. The first-order chi connectivity index (χ1) is 16.6. The van der Waals surface area contributed by atoms with Crippen LogP contribution in [-0.2, 0) is 10.3 Å². The Labute approximate surface area is 207 Å². The Morgan fingerprint density at radius 2 is 1.77 bits per heavy atom. The van der Waals surface area contributed by atoms with Gasteiger partial charge in [-0.05, 0) is 45.3 Å². The topological polar surface area (TPSA) is 86.5 Å². The van der Waals surface area contributed by atoms with Gasteiger partial charge in [-0.2, -0.15) is 5.26 Å². The summed E-state index contributed by atoms with van der Waals surface area (Å²) in [5.41, 5.74) is 1.49. The van der Waals surface area contributed by atoms with Crippen LogP contribution in [0, 0.1) is 11.3 Å². The number of hydrogen-bond acceptors (Lipinski definition) is 6. The van der Waals surface area contributed by atoms with Gasteiger partial charge in [0, 0.05) is 26.7 Å². The molecule has 0 atom stereocenters. The first kappa shape index (κ1) is 24.7. The van der Waals surface area contributed by atoms with E-state index in [1.807, 2.05) is 6.07 Å². The number of likely N-dealkylation sites (N-methyl/N-ethyl adjacent to an activating group) is 2. The highest BCUT2D eigenvalue weighted by Crippen LogP contribution is 2.49. The van der Waals surface area contributed by atoms with Crippen molar-refractivity contribution >= 4 is 17.8 Å². The minimum atomic E-state index is -0.435. The molecular weight excluding hydrogens is 442 g/mol. The lowest BCUT2D eigenvalue weighted by atomic mass is 9.68.